The fourth-order valence-corrected chi connectivity index (χ4v) is 11.1. The summed E-state index contributed by atoms with van der Waals surface area (Å²) < 4.78 is 16.5. The summed E-state index contributed by atoms with van der Waals surface area (Å²) in [6, 6.07) is 23.7. The molecule has 0 bridgehead atoms. The average molecular weight is 1050 g/mol. The minimum absolute atomic E-state index is 0.000828. The third kappa shape index (κ3) is 12.4. The van der Waals surface area contributed by atoms with E-state index in [1.807, 2.05) is 98.2 Å². The molecule has 0 radical (unpaired) electrons. The molecule has 0 aliphatic carbocycles. The Kier molecular flexibility index (Phi) is 15.9. The number of ether oxygens (including phenoxy) is 3. The number of aliphatic hydroxyl groups excluding tert-OH is 2. The number of thiazole rings is 2. The van der Waals surface area contributed by atoms with Crippen molar-refractivity contribution in [3.63, 3.8) is 0 Å². The van der Waals surface area contributed by atoms with Gasteiger partial charge in [-0.3, -0.25) is 19.4 Å². The van der Waals surface area contributed by atoms with Gasteiger partial charge in [0.1, 0.15) is 35.4 Å². The van der Waals surface area contributed by atoms with Gasteiger partial charge in [-0.15, -0.1) is 22.7 Å². The molecule has 2 aromatic heterocycles. The number of β-amino-alcohol motifs (C(OH)–C–C–N with tert-alkyl or cyclic N) is 2. The summed E-state index contributed by atoms with van der Waals surface area (Å²) in [7, 11) is 0. The Morgan fingerprint density at radius 3 is 1.47 bits per heavy atom. The lowest BCUT2D eigenvalue weighted by Crippen LogP contribution is -2.70. The molecule has 394 valence electrons. The number of amides is 5. The van der Waals surface area contributed by atoms with Crippen molar-refractivity contribution in [2.45, 2.75) is 121 Å². The largest absolute Gasteiger partial charge is 0.445 e. The highest BCUT2D eigenvalue weighted by Crippen LogP contribution is 2.37. The molecule has 5 aromatic rings. The molecule has 18 nitrogen and oxygen atoms in total. The molecular formula is C54H66N8O10S2. The maximum atomic E-state index is 13.7. The Balaban J connectivity index is 0.000000204. The molecule has 0 unspecified atom stereocenters. The highest BCUT2D eigenvalue weighted by atomic mass is 32.1. The number of carbonyl (C=O) groups excluding carboxylic acids is 5. The summed E-state index contributed by atoms with van der Waals surface area (Å²) in [6.07, 6.45) is -3.04. The van der Waals surface area contributed by atoms with Crippen molar-refractivity contribution in [1.82, 2.24) is 40.6 Å². The molecule has 0 saturated carbocycles. The van der Waals surface area contributed by atoms with Crippen LogP contribution in [0.2, 0.25) is 0 Å². The van der Waals surface area contributed by atoms with Crippen molar-refractivity contribution < 1.29 is 48.4 Å². The topological polar surface area (TPSA) is 225 Å². The second-order valence-corrected chi connectivity index (χ2v) is 23.1. The van der Waals surface area contributed by atoms with Gasteiger partial charge < -0.3 is 45.3 Å². The zero-order valence-electron chi connectivity index (χ0n) is 43.0. The Bertz CT molecular complexity index is 2800. The number of nitrogens with one attached hydrogen (secondary N) is 3. The van der Waals surface area contributed by atoms with E-state index in [1.165, 1.54) is 9.80 Å². The van der Waals surface area contributed by atoms with E-state index in [2.05, 4.69) is 25.9 Å². The number of nitrogens with zero attached hydrogens (tertiary/aromatic N) is 5. The molecule has 9 rings (SSSR count). The molecule has 74 heavy (non-hydrogen) atoms. The normalized spacial score (nSPS) is 20.8. The third-order valence-corrected chi connectivity index (χ3v) is 15.2. The number of aryl methyl sites for hydroxylation is 2. The zero-order chi connectivity index (χ0) is 53.2. The predicted molar refractivity (Wildman–Crippen MR) is 280 cm³/mol. The Labute approximate surface area is 439 Å². The molecule has 6 heterocycles. The van der Waals surface area contributed by atoms with Crippen molar-refractivity contribution in [2.75, 3.05) is 39.3 Å². The van der Waals surface area contributed by atoms with Gasteiger partial charge in [-0.25, -0.2) is 24.4 Å². The number of benzene rings is 3. The fraction of sp³-hybridized carbons (Fsp3) is 0.463. The van der Waals surface area contributed by atoms with Crippen LogP contribution in [0.3, 0.4) is 0 Å². The molecule has 0 spiro atoms. The molecule has 5 amide bonds. The number of likely N-dealkylation sites (tertiary alicyclic amines) is 3. The van der Waals surface area contributed by atoms with E-state index in [1.54, 1.807) is 74.6 Å². The van der Waals surface area contributed by atoms with E-state index < -0.39 is 70.8 Å². The summed E-state index contributed by atoms with van der Waals surface area (Å²) >= 11 is 3.16. The summed E-state index contributed by atoms with van der Waals surface area (Å²) in [4.78, 5) is 80.4. The monoisotopic (exact) mass is 1050 g/mol. The third-order valence-electron chi connectivity index (χ3n) is 13.3. The molecule has 4 saturated heterocycles. The Morgan fingerprint density at radius 2 is 1.08 bits per heavy atom. The fourth-order valence-electron chi connectivity index (χ4n) is 9.47. The summed E-state index contributed by atoms with van der Waals surface area (Å²) in [5.74, 6) is -0.701. The number of rotatable bonds is 10. The van der Waals surface area contributed by atoms with Crippen LogP contribution in [0.5, 0.6) is 0 Å². The number of hydrogen-bond donors (Lipinski definition) is 5. The number of carbonyl (C=O) groups is 5. The molecule has 3 aromatic carbocycles. The van der Waals surface area contributed by atoms with Crippen molar-refractivity contribution >= 4 is 52.8 Å². The summed E-state index contributed by atoms with van der Waals surface area (Å²) in [6.45, 7) is 16.3. The van der Waals surface area contributed by atoms with Crippen molar-refractivity contribution in [3.05, 3.63) is 118 Å². The van der Waals surface area contributed by atoms with Gasteiger partial charge in [0, 0.05) is 25.9 Å². The first kappa shape index (κ1) is 53.8. The van der Waals surface area contributed by atoms with E-state index in [0.717, 1.165) is 49.0 Å². The minimum Gasteiger partial charge on any atom is -0.445 e. The Morgan fingerprint density at radius 1 is 0.649 bits per heavy atom. The summed E-state index contributed by atoms with van der Waals surface area (Å²) in [5, 5.41) is 30.0. The van der Waals surface area contributed by atoms with Crippen LogP contribution in [0.4, 0.5) is 14.4 Å². The van der Waals surface area contributed by atoms with Crippen molar-refractivity contribution in [1.29, 1.82) is 0 Å². The lowest BCUT2D eigenvalue weighted by molar-refractivity contribution is -0.130. The Hall–Kier alpha value is -6.45. The first-order valence-corrected chi connectivity index (χ1v) is 26.5. The molecule has 20 heteroatoms. The van der Waals surface area contributed by atoms with Gasteiger partial charge in [0.15, 0.2) is 0 Å². The maximum absolute atomic E-state index is 13.7. The number of aromatic nitrogens is 2. The van der Waals surface area contributed by atoms with E-state index in [4.69, 9.17) is 14.2 Å². The molecule has 4 fully saturated rings. The molecule has 4 atom stereocenters. The smallest absolute Gasteiger partial charge is 0.411 e. The SMILES string of the molecule is Cc1ncsc1-c1ccc(C2(NC(=O)[C@@H]3C[C@@H](O)CN3C(=O)OC(C)(C)C)CN(C(=O)OCc3ccccc3)C2)cc1.Cc1ncsc1-c1ccc(C2(NC(=O)[C@@H]3C[C@@H](O)CN3C(=O)OC(C)(C)C)CNC2)cc1. The van der Waals surface area contributed by atoms with Gasteiger partial charge in [-0.1, -0.05) is 78.9 Å². The zero-order valence-corrected chi connectivity index (χ0v) is 44.7. The van der Waals surface area contributed by atoms with Crippen molar-refractivity contribution in [3.8, 4) is 20.9 Å². The molecule has 5 N–H and O–H groups in total. The van der Waals surface area contributed by atoms with Crippen LogP contribution < -0.4 is 16.0 Å². The van der Waals surface area contributed by atoms with Crippen LogP contribution in [-0.4, -0.2) is 140 Å². The predicted octanol–water partition coefficient (Wildman–Crippen LogP) is 6.86. The lowest BCUT2D eigenvalue weighted by Gasteiger charge is -2.50. The number of hydrogen-bond acceptors (Lipinski definition) is 15. The molecular weight excluding hydrogens is 985 g/mol. The van der Waals surface area contributed by atoms with E-state index in [9.17, 15) is 34.2 Å². The first-order valence-electron chi connectivity index (χ1n) is 24.7. The highest BCUT2D eigenvalue weighted by Gasteiger charge is 2.51. The van der Waals surface area contributed by atoms with Crippen LogP contribution in [0.1, 0.15) is 82.5 Å². The molecule has 4 aliphatic rings. The van der Waals surface area contributed by atoms with Crippen LogP contribution in [0.25, 0.3) is 20.9 Å². The maximum Gasteiger partial charge on any atom is 0.411 e. The van der Waals surface area contributed by atoms with Crippen molar-refractivity contribution in [2.24, 2.45) is 0 Å². The lowest BCUT2D eigenvalue weighted by atomic mass is 9.81. The van der Waals surface area contributed by atoms with Crippen LogP contribution >= 0.6 is 22.7 Å². The van der Waals surface area contributed by atoms with Crippen LogP contribution in [-0.2, 0) is 41.5 Å². The first-order chi connectivity index (χ1) is 35.0. The number of aliphatic hydroxyl groups is 2. The minimum atomic E-state index is -0.912. The van der Waals surface area contributed by atoms with E-state index >= 15 is 0 Å². The van der Waals surface area contributed by atoms with Gasteiger partial charge in [0.05, 0.1) is 76.1 Å². The van der Waals surface area contributed by atoms with Gasteiger partial charge in [-0.2, -0.15) is 0 Å². The summed E-state index contributed by atoms with van der Waals surface area (Å²) in [5.41, 5.74) is 7.49. The van der Waals surface area contributed by atoms with Gasteiger partial charge in [0.25, 0.3) is 0 Å². The van der Waals surface area contributed by atoms with Gasteiger partial charge >= 0.3 is 18.3 Å². The average Bonchev–Trinajstić information content (AvgIpc) is 4.14. The quantitative estimate of drug-likeness (QED) is 0.0904. The van der Waals surface area contributed by atoms with Crippen LogP contribution in [0, 0.1) is 13.8 Å². The van der Waals surface area contributed by atoms with Gasteiger partial charge in [0.2, 0.25) is 11.8 Å². The van der Waals surface area contributed by atoms with Gasteiger partial charge in [-0.05, 0) is 83.2 Å². The molecule has 4 aliphatic heterocycles. The second kappa shape index (κ2) is 21.8. The standard InChI is InChI=1S/C31H36N4O6S.C23H30N4O4S/c1-20-26(42-19-32-20)22-10-12-23(13-11-22)31(17-34(18-31)28(38)40-16-21-8-6-5-7-9-21)33-27(37)25-14-24(36)15-35(25)29(39)41-30(2,3)4;1-14-19(32-13-25-14)15-5-7-16(8-6-15)23(11-24-12-23)26-20(29)18-9-17(28)10-27(18)21(30)31-22(2,3)4/h5-13,19,24-25,36H,14-18H2,1-4H3,(H,33,37);5-8,13,17-18,24,28H,9-12H2,1-4H3,(H,26,29)/t24-,25+;17-,18+/m11/s1. The van der Waals surface area contributed by atoms with E-state index in [0.29, 0.717) is 13.1 Å². The van der Waals surface area contributed by atoms with E-state index in [-0.39, 0.29) is 51.5 Å². The van der Waals surface area contributed by atoms with Crippen LogP contribution in [0.15, 0.2) is 89.9 Å². The highest BCUT2D eigenvalue weighted by molar-refractivity contribution is 7.13. The second-order valence-electron chi connectivity index (χ2n) is 21.4.